The first-order valence-corrected chi connectivity index (χ1v) is 8.60. The van der Waals surface area contributed by atoms with Crippen LogP contribution in [0.15, 0.2) is 23.1 Å². The normalized spacial score (nSPS) is 27.9. The lowest BCUT2D eigenvalue weighted by atomic mass is 9.98. The monoisotopic (exact) mass is 326 g/mol. The Kier molecular flexibility index (Phi) is 4.68. The SMILES string of the molecule is CN1[C@H]2CC[C@H]1CC(NC(=O)CSc1ccc(F)cc1F)C2. The number of carbonyl (C=O) groups is 1. The average molecular weight is 326 g/mol. The summed E-state index contributed by atoms with van der Waals surface area (Å²) in [6, 6.07) is 4.79. The lowest BCUT2D eigenvalue weighted by Crippen LogP contribution is -2.49. The zero-order chi connectivity index (χ0) is 15.7. The van der Waals surface area contributed by atoms with Crippen LogP contribution in [0.4, 0.5) is 8.78 Å². The second-order valence-electron chi connectivity index (χ2n) is 6.15. The molecule has 2 atom stereocenters. The summed E-state index contributed by atoms with van der Waals surface area (Å²) in [6.07, 6.45) is 4.41. The Hall–Kier alpha value is -1.14. The van der Waals surface area contributed by atoms with E-state index in [2.05, 4.69) is 17.3 Å². The van der Waals surface area contributed by atoms with Gasteiger partial charge < -0.3 is 10.2 Å². The van der Waals surface area contributed by atoms with E-state index in [1.165, 1.54) is 25.0 Å². The van der Waals surface area contributed by atoms with Crippen molar-refractivity contribution in [2.24, 2.45) is 0 Å². The summed E-state index contributed by atoms with van der Waals surface area (Å²) in [5.74, 6) is -1.14. The third-order valence-corrected chi connectivity index (χ3v) is 5.76. The number of hydrogen-bond donors (Lipinski definition) is 1. The van der Waals surface area contributed by atoms with Crippen molar-refractivity contribution in [3.63, 3.8) is 0 Å². The van der Waals surface area contributed by atoms with Gasteiger partial charge in [0.25, 0.3) is 0 Å². The molecule has 120 valence electrons. The summed E-state index contributed by atoms with van der Waals surface area (Å²) in [5.41, 5.74) is 0. The summed E-state index contributed by atoms with van der Waals surface area (Å²) in [5, 5.41) is 3.06. The number of nitrogens with one attached hydrogen (secondary N) is 1. The van der Waals surface area contributed by atoms with E-state index >= 15 is 0 Å². The first kappa shape index (κ1) is 15.7. The molecule has 2 fully saturated rings. The van der Waals surface area contributed by atoms with Gasteiger partial charge in [-0.1, -0.05) is 0 Å². The third kappa shape index (κ3) is 3.43. The lowest BCUT2D eigenvalue weighted by Gasteiger charge is -2.36. The Morgan fingerprint density at radius 1 is 1.32 bits per heavy atom. The minimum Gasteiger partial charge on any atom is -0.353 e. The van der Waals surface area contributed by atoms with Gasteiger partial charge in [0.15, 0.2) is 0 Å². The molecular weight excluding hydrogens is 306 g/mol. The number of nitrogens with zero attached hydrogens (tertiary/aromatic N) is 1. The van der Waals surface area contributed by atoms with Gasteiger partial charge in [-0.15, -0.1) is 11.8 Å². The number of fused-ring (bicyclic) bond motifs is 2. The second-order valence-corrected chi connectivity index (χ2v) is 7.17. The lowest BCUT2D eigenvalue weighted by molar-refractivity contribution is -0.119. The van der Waals surface area contributed by atoms with Gasteiger partial charge in [0.1, 0.15) is 11.6 Å². The molecule has 2 aliphatic rings. The Labute approximate surface area is 133 Å². The van der Waals surface area contributed by atoms with E-state index in [1.54, 1.807) is 0 Å². The highest BCUT2D eigenvalue weighted by Crippen LogP contribution is 2.34. The van der Waals surface area contributed by atoms with E-state index in [1.807, 2.05) is 0 Å². The van der Waals surface area contributed by atoms with Crippen molar-refractivity contribution in [3.8, 4) is 0 Å². The van der Waals surface area contributed by atoms with Crippen molar-refractivity contribution < 1.29 is 13.6 Å². The molecule has 2 aliphatic heterocycles. The van der Waals surface area contributed by atoms with E-state index < -0.39 is 11.6 Å². The van der Waals surface area contributed by atoms with Gasteiger partial charge in [0, 0.05) is 29.1 Å². The van der Waals surface area contributed by atoms with Crippen LogP contribution in [-0.4, -0.2) is 41.7 Å². The van der Waals surface area contributed by atoms with Crippen LogP contribution >= 0.6 is 11.8 Å². The van der Waals surface area contributed by atoms with Crippen molar-refractivity contribution in [1.82, 2.24) is 10.2 Å². The van der Waals surface area contributed by atoms with Crippen LogP contribution in [-0.2, 0) is 4.79 Å². The fraction of sp³-hybridized carbons (Fsp3) is 0.562. The summed E-state index contributed by atoms with van der Waals surface area (Å²) < 4.78 is 26.3. The minimum atomic E-state index is -0.616. The molecule has 1 N–H and O–H groups in total. The standard InChI is InChI=1S/C16H20F2N2OS/c1-20-12-3-4-13(20)8-11(7-12)19-16(21)9-22-15-5-2-10(17)6-14(15)18/h2,5-6,11-13H,3-4,7-9H2,1H3,(H,19,21)/t12-,13-/m0/s1. The quantitative estimate of drug-likeness (QED) is 0.864. The fourth-order valence-corrected chi connectivity index (χ4v) is 4.27. The van der Waals surface area contributed by atoms with E-state index in [0.717, 1.165) is 30.7 Å². The molecule has 1 amide bonds. The zero-order valence-corrected chi connectivity index (χ0v) is 13.3. The maximum atomic E-state index is 13.5. The highest BCUT2D eigenvalue weighted by Gasteiger charge is 2.38. The van der Waals surface area contributed by atoms with E-state index in [4.69, 9.17) is 0 Å². The largest absolute Gasteiger partial charge is 0.353 e. The van der Waals surface area contributed by atoms with Crippen LogP contribution < -0.4 is 5.32 Å². The topological polar surface area (TPSA) is 32.3 Å². The highest BCUT2D eigenvalue weighted by molar-refractivity contribution is 8.00. The summed E-state index contributed by atoms with van der Waals surface area (Å²) in [6.45, 7) is 0. The minimum absolute atomic E-state index is 0.0809. The summed E-state index contributed by atoms with van der Waals surface area (Å²) >= 11 is 1.11. The van der Waals surface area contributed by atoms with Crippen LogP contribution in [0.3, 0.4) is 0 Å². The van der Waals surface area contributed by atoms with Crippen molar-refractivity contribution in [1.29, 1.82) is 0 Å². The van der Waals surface area contributed by atoms with Crippen molar-refractivity contribution in [3.05, 3.63) is 29.8 Å². The van der Waals surface area contributed by atoms with E-state index in [9.17, 15) is 13.6 Å². The van der Waals surface area contributed by atoms with Gasteiger partial charge >= 0.3 is 0 Å². The van der Waals surface area contributed by atoms with Gasteiger partial charge in [-0.25, -0.2) is 8.78 Å². The summed E-state index contributed by atoms with van der Waals surface area (Å²) in [7, 11) is 2.16. The molecule has 22 heavy (non-hydrogen) atoms. The second kappa shape index (κ2) is 6.54. The first-order valence-electron chi connectivity index (χ1n) is 7.62. The van der Waals surface area contributed by atoms with Crippen LogP contribution in [0.2, 0.25) is 0 Å². The molecule has 1 aromatic rings. The van der Waals surface area contributed by atoms with Gasteiger partial charge in [-0.05, 0) is 44.9 Å². The molecule has 2 bridgehead atoms. The Morgan fingerprint density at radius 3 is 2.64 bits per heavy atom. The number of rotatable bonds is 4. The fourth-order valence-electron chi connectivity index (χ4n) is 3.53. The van der Waals surface area contributed by atoms with E-state index in [-0.39, 0.29) is 17.7 Å². The molecule has 0 spiro atoms. The molecule has 3 rings (SSSR count). The van der Waals surface area contributed by atoms with Crippen LogP contribution in [0, 0.1) is 11.6 Å². The van der Waals surface area contributed by atoms with Crippen molar-refractivity contribution in [2.75, 3.05) is 12.8 Å². The molecule has 0 radical (unpaired) electrons. The molecule has 2 saturated heterocycles. The number of piperidine rings is 1. The number of thioether (sulfide) groups is 1. The number of benzene rings is 1. The first-order chi connectivity index (χ1) is 10.5. The smallest absolute Gasteiger partial charge is 0.230 e. The van der Waals surface area contributed by atoms with Gasteiger partial charge in [-0.3, -0.25) is 4.79 Å². The molecule has 1 aromatic carbocycles. The molecule has 3 nitrogen and oxygen atoms in total. The molecule has 6 heteroatoms. The van der Waals surface area contributed by atoms with Crippen LogP contribution in [0.25, 0.3) is 0 Å². The van der Waals surface area contributed by atoms with Gasteiger partial charge in [0.2, 0.25) is 5.91 Å². The molecule has 2 heterocycles. The molecule has 0 aliphatic carbocycles. The number of halogens is 2. The van der Waals surface area contributed by atoms with Crippen molar-refractivity contribution >= 4 is 17.7 Å². The van der Waals surface area contributed by atoms with Gasteiger partial charge in [0.05, 0.1) is 5.75 Å². The number of amides is 1. The zero-order valence-electron chi connectivity index (χ0n) is 12.5. The average Bonchev–Trinajstić information content (AvgIpc) is 2.69. The molecule has 0 unspecified atom stereocenters. The maximum Gasteiger partial charge on any atom is 0.230 e. The van der Waals surface area contributed by atoms with E-state index in [0.29, 0.717) is 17.0 Å². The van der Waals surface area contributed by atoms with Crippen LogP contribution in [0.1, 0.15) is 25.7 Å². The van der Waals surface area contributed by atoms with Crippen molar-refractivity contribution in [2.45, 2.75) is 48.7 Å². The third-order valence-electron chi connectivity index (χ3n) is 4.72. The predicted octanol–water partition coefficient (Wildman–Crippen LogP) is 2.80. The maximum absolute atomic E-state index is 13.5. The Morgan fingerprint density at radius 2 is 2.00 bits per heavy atom. The Bertz CT molecular complexity index is 555. The predicted molar refractivity (Wildman–Crippen MR) is 82.8 cm³/mol. The highest BCUT2D eigenvalue weighted by atomic mass is 32.2. The summed E-state index contributed by atoms with van der Waals surface area (Å²) in [4.78, 5) is 14.8. The number of carbonyl (C=O) groups excluding carboxylic acids is 1. The van der Waals surface area contributed by atoms with Gasteiger partial charge in [-0.2, -0.15) is 0 Å². The molecule has 0 saturated carbocycles. The number of hydrogen-bond acceptors (Lipinski definition) is 3. The van der Waals surface area contributed by atoms with Crippen LogP contribution in [0.5, 0.6) is 0 Å². The Balaban J connectivity index is 1.49. The molecule has 0 aromatic heterocycles. The molecular formula is C16H20F2N2OS.